The normalized spacial score (nSPS) is 9.86. The van der Waals surface area contributed by atoms with Crippen LogP contribution in [0.15, 0.2) is 18.2 Å². The lowest BCUT2D eigenvalue weighted by Crippen LogP contribution is -2.25. The van der Waals surface area contributed by atoms with Crippen LogP contribution in [0.5, 0.6) is 0 Å². The van der Waals surface area contributed by atoms with Gasteiger partial charge in [0, 0.05) is 30.9 Å². The molecule has 1 rings (SSSR count). The molecule has 0 unspecified atom stereocenters. The Morgan fingerprint density at radius 3 is 2.86 bits per heavy atom. The molecule has 0 saturated heterocycles. The lowest BCUT2D eigenvalue weighted by Gasteiger charge is -2.07. The van der Waals surface area contributed by atoms with Gasteiger partial charge in [-0.15, -0.1) is 0 Å². The maximum absolute atomic E-state index is 12.1. The Morgan fingerprint density at radius 2 is 2.14 bits per heavy atom. The molecule has 0 aliphatic carbocycles. The molecule has 21 heavy (non-hydrogen) atoms. The minimum Gasteiger partial charge on any atom is -0.384 e. The summed E-state index contributed by atoms with van der Waals surface area (Å²) in [6.45, 7) is 5.81. The third-order valence-corrected chi connectivity index (χ3v) is 2.75. The highest BCUT2D eigenvalue weighted by molar-refractivity contribution is 5.94. The molecule has 0 bridgehead atoms. The van der Waals surface area contributed by atoms with Gasteiger partial charge in [-0.05, 0) is 43.5 Å². The summed E-state index contributed by atoms with van der Waals surface area (Å²) in [4.78, 5) is 12.1. The molecule has 0 spiro atoms. The van der Waals surface area contributed by atoms with Gasteiger partial charge >= 0.3 is 0 Å². The van der Waals surface area contributed by atoms with Gasteiger partial charge in [0.1, 0.15) is 6.61 Å². The Morgan fingerprint density at radius 1 is 1.33 bits per heavy atom. The van der Waals surface area contributed by atoms with Crippen molar-refractivity contribution in [3.05, 3.63) is 34.9 Å². The van der Waals surface area contributed by atoms with Crippen molar-refractivity contribution >= 4 is 5.91 Å². The second kappa shape index (κ2) is 9.98. The second-order valence-corrected chi connectivity index (χ2v) is 4.77. The maximum atomic E-state index is 12.1. The fourth-order valence-corrected chi connectivity index (χ4v) is 1.85. The predicted octanol–water partition coefficient (Wildman–Crippen LogP) is 1.89. The Labute approximate surface area is 126 Å². The van der Waals surface area contributed by atoms with E-state index in [-0.39, 0.29) is 12.5 Å². The molecule has 1 aromatic rings. The number of aliphatic hydroxyl groups excluding tert-OH is 1. The zero-order valence-electron chi connectivity index (χ0n) is 12.7. The maximum Gasteiger partial charge on any atom is 0.251 e. The van der Waals surface area contributed by atoms with Crippen molar-refractivity contribution in [3.8, 4) is 11.8 Å². The predicted molar refractivity (Wildman–Crippen MR) is 83.2 cm³/mol. The van der Waals surface area contributed by atoms with Gasteiger partial charge in [-0.25, -0.2) is 0 Å². The number of benzene rings is 1. The highest BCUT2D eigenvalue weighted by atomic mass is 16.5. The van der Waals surface area contributed by atoms with Crippen molar-refractivity contribution in [3.63, 3.8) is 0 Å². The standard InChI is InChI=1S/C17H23NO3/c1-3-9-21-10-5-7-18-17(20)16-12-14(2)11-15(13-16)6-4-8-19/h11-13,19H,3,5,7-10H2,1-2H3,(H,18,20). The van der Waals surface area contributed by atoms with Crippen LogP contribution in [0, 0.1) is 18.8 Å². The van der Waals surface area contributed by atoms with Gasteiger partial charge < -0.3 is 15.2 Å². The first-order valence-corrected chi connectivity index (χ1v) is 7.24. The Bertz CT molecular complexity index is 515. The summed E-state index contributed by atoms with van der Waals surface area (Å²) < 4.78 is 5.36. The first-order valence-electron chi connectivity index (χ1n) is 7.24. The van der Waals surface area contributed by atoms with Crippen LogP contribution in [0.4, 0.5) is 0 Å². The van der Waals surface area contributed by atoms with E-state index in [2.05, 4.69) is 24.1 Å². The molecule has 2 N–H and O–H groups in total. The summed E-state index contributed by atoms with van der Waals surface area (Å²) in [6, 6.07) is 5.45. The van der Waals surface area contributed by atoms with Crippen LogP contribution >= 0.6 is 0 Å². The van der Waals surface area contributed by atoms with E-state index in [0.29, 0.717) is 18.7 Å². The summed E-state index contributed by atoms with van der Waals surface area (Å²) in [5.74, 6) is 5.30. The molecule has 0 aliphatic heterocycles. The van der Waals surface area contributed by atoms with E-state index in [0.717, 1.165) is 30.6 Å². The average molecular weight is 289 g/mol. The highest BCUT2D eigenvalue weighted by Gasteiger charge is 2.06. The summed E-state index contributed by atoms with van der Waals surface area (Å²) >= 11 is 0. The van der Waals surface area contributed by atoms with Crippen LogP contribution in [0.2, 0.25) is 0 Å². The van der Waals surface area contributed by atoms with Crippen molar-refractivity contribution in [2.75, 3.05) is 26.4 Å². The number of amides is 1. The number of rotatable bonds is 7. The molecule has 4 nitrogen and oxygen atoms in total. The zero-order chi connectivity index (χ0) is 15.5. The molecule has 0 heterocycles. The molecule has 0 aromatic heterocycles. The number of nitrogens with one attached hydrogen (secondary N) is 1. The van der Waals surface area contributed by atoms with Crippen LogP contribution in [0.1, 0.15) is 41.3 Å². The molecule has 1 amide bonds. The first-order chi connectivity index (χ1) is 10.2. The fraction of sp³-hybridized carbons (Fsp3) is 0.471. The second-order valence-electron chi connectivity index (χ2n) is 4.77. The van der Waals surface area contributed by atoms with E-state index in [4.69, 9.17) is 9.84 Å². The summed E-state index contributed by atoms with van der Waals surface area (Å²) in [6.07, 6.45) is 1.81. The van der Waals surface area contributed by atoms with Gasteiger partial charge in [-0.2, -0.15) is 0 Å². The van der Waals surface area contributed by atoms with Crippen LogP contribution in [0.25, 0.3) is 0 Å². The number of hydrogen-bond acceptors (Lipinski definition) is 3. The largest absolute Gasteiger partial charge is 0.384 e. The van der Waals surface area contributed by atoms with Gasteiger partial charge in [0.2, 0.25) is 0 Å². The molecular formula is C17H23NO3. The van der Waals surface area contributed by atoms with Crippen LogP contribution in [-0.4, -0.2) is 37.4 Å². The molecule has 0 fully saturated rings. The summed E-state index contributed by atoms with van der Waals surface area (Å²) in [5, 5.41) is 11.6. The van der Waals surface area contributed by atoms with E-state index < -0.39 is 0 Å². The monoisotopic (exact) mass is 289 g/mol. The molecule has 0 aliphatic rings. The van der Waals surface area contributed by atoms with E-state index in [1.807, 2.05) is 19.1 Å². The van der Waals surface area contributed by atoms with E-state index >= 15 is 0 Å². The van der Waals surface area contributed by atoms with Gasteiger partial charge in [0.25, 0.3) is 5.91 Å². The molecule has 0 atom stereocenters. The fourth-order valence-electron chi connectivity index (χ4n) is 1.85. The van der Waals surface area contributed by atoms with E-state index in [1.165, 1.54) is 0 Å². The Kier molecular flexibility index (Phi) is 8.18. The number of aryl methyl sites for hydroxylation is 1. The first kappa shape index (κ1) is 17.2. The smallest absolute Gasteiger partial charge is 0.251 e. The quantitative estimate of drug-likeness (QED) is 0.595. The lowest BCUT2D eigenvalue weighted by molar-refractivity contribution is 0.0941. The summed E-state index contributed by atoms with van der Waals surface area (Å²) in [5.41, 5.74) is 2.29. The van der Waals surface area contributed by atoms with E-state index in [1.54, 1.807) is 6.07 Å². The highest BCUT2D eigenvalue weighted by Crippen LogP contribution is 2.09. The molecular weight excluding hydrogens is 266 g/mol. The van der Waals surface area contributed by atoms with Crippen molar-refractivity contribution in [1.82, 2.24) is 5.32 Å². The molecule has 1 aromatic carbocycles. The zero-order valence-corrected chi connectivity index (χ0v) is 12.7. The van der Waals surface area contributed by atoms with Crippen LogP contribution in [-0.2, 0) is 4.74 Å². The topological polar surface area (TPSA) is 58.6 Å². The van der Waals surface area contributed by atoms with Crippen LogP contribution < -0.4 is 5.32 Å². The van der Waals surface area contributed by atoms with Crippen molar-refractivity contribution in [2.24, 2.45) is 0 Å². The molecule has 4 heteroatoms. The number of ether oxygens (including phenoxy) is 1. The number of carbonyl (C=O) groups excluding carboxylic acids is 1. The van der Waals surface area contributed by atoms with Gasteiger partial charge in [0.05, 0.1) is 0 Å². The Balaban J connectivity index is 2.51. The van der Waals surface area contributed by atoms with Gasteiger partial charge in [-0.3, -0.25) is 4.79 Å². The number of carbonyl (C=O) groups is 1. The van der Waals surface area contributed by atoms with Crippen LogP contribution in [0.3, 0.4) is 0 Å². The SMILES string of the molecule is CCCOCCCNC(=O)c1cc(C)cc(C#CCO)c1. The van der Waals surface area contributed by atoms with E-state index in [9.17, 15) is 4.79 Å². The lowest BCUT2D eigenvalue weighted by atomic mass is 10.1. The molecule has 0 saturated carbocycles. The summed E-state index contributed by atoms with van der Waals surface area (Å²) in [7, 11) is 0. The van der Waals surface area contributed by atoms with Crippen molar-refractivity contribution in [2.45, 2.75) is 26.7 Å². The van der Waals surface area contributed by atoms with Gasteiger partial charge in [-0.1, -0.05) is 18.8 Å². The average Bonchev–Trinajstić information content (AvgIpc) is 2.48. The van der Waals surface area contributed by atoms with Gasteiger partial charge in [0.15, 0.2) is 0 Å². The number of aliphatic hydroxyl groups is 1. The molecule has 114 valence electrons. The Hall–Kier alpha value is -1.83. The third kappa shape index (κ3) is 6.94. The minimum atomic E-state index is -0.187. The van der Waals surface area contributed by atoms with Crippen molar-refractivity contribution in [1.29, 1.82) is 0 Å². The third-order valence-electron chi connectivity index (χ3n) is 2.75. The minimum absolute atomic E-state index is 0.110. The molecule has 0 radical (unpaired) electrons. The van der Waals surface area contributed by atoms with Crippen molar-refractivity contribution < 1.29 is 14.6 Å². The number of hydrogen-bond donors (Lipinski definition) is 2.